The van der Waals surface area contributed by atoms with Crippen molar-refractivity contribution in [2.75, 3.05) is 13.1 Å². The van der Waals surface area contributed by atoms with Crippen LogP contribution in [0.3, 0.4) is 0 Å². The fourth-order valence-corrected chi connectivity index (χ4v) is 2.43. The minimum absolute atomic E-state index is 0. The number of hydrogen-bond donors (Lipinski definition) is 2. The summed E-state index contributed by atoms with van der Waals surface area (Å²) in [6.45, 7) is 7.93. The number of guanidine groups is 1. The van der Waals surface area contributed by atoms with Crippen LogP contribution in [-0.4, -0.2) is 25.1 Å². The molecule has 0 saturated carbocycles. The fraction of sp³-hybridized carbons (Fsp3) is 0.583. The second kappa shape index (κ2) is 9.86. The van der Waals surface area contributed by atoms with E-state index < -0.39 is 0 Å². The van der Waals surface area contributed by atoms with Gasteiger partial charge in [0.25, 0.3) is 0 Å². The maximum atomic E-state index is 5.88. The van der Waals surface area contributed by atoms with E-state index in [1.54, 1.807) is 11.3 Å². The Bertz CT molecular complexity index is 366. The first-order valence-electron chi connectivity index (χ1n) is 5.91. The van der Waals surface area contributed by atoms with Crippen LogP contribution in [0.25, 0.3) is 0 Å². The van der Waals surface area contributed by atoms with Gasteiger partial charge in [-0.1, -0.05) is 11.6 Å². The Labute approximate surface area is 135 Å². The SMILES string of the molecule is CCNC(=NCCc1ccc(Cl)s1)NC(C)C.I. The molecule has 6 heteroatoms. The van der Waals surface area contributed by atoms with Crippen molar-refractivity contribution >= 4 is 52.9 Å². The molecule has 0 aliphatic carbocycles. The molecule has 1 aromatic heterocycles. The Balaban J connectivity index is 0.00000289. The van der Waals surface area contributed by atoms with Gasteiger partial charge in [-0.3, -0.25) is 4.99 Å². The Kier molecular flexibility index (Phi) is 9.85. The minimum atomic E-state index is 0. The zero-order valence-corrected chi connectivity index (χ0v) is 14.9. The van der Waals surface area contributed by atoms with Gasteiger partial charge in [0.05, 0.1) is 4.34 Å². The lowest BCUT2D eigenvalue weighted by atomic mass is 10.3. The van der Waals surface area contributed by atoms with Crippen molar-refractivity contribution in [1.82, 2.24) is 10.6 Å². The van der Waals surface area contributed by atoms with Crippen molar-refractivity contribution in [3.8, 4) is 0 Å². The molecule has 0 unspecified atom stereocenters. The lowest BCUT2D eigenvalue weighted by Crippen LogP contribution is -2.41. The van der Waals surface area contributed by atoms with E-state index in [-0.39, 0.29) is 24.0 Å². The van der Waals surface area contributed by atoms with E-state index >= 15 is 0 Å². The summed E-state index contributed by atoms with van der Waals surface area (Å²) in [5.74, 6) is 0.880. The first-order valence-corrected chi connectivity index (χ1v) is 7.10. The van der Waals surface area contributed by atoms with Crippen LogP contribution in [0.1, 0.15) is 25.6 Å². The number of thiophene rings is 1. The molecule has 0 saturated heterocycles. The molecule has 0 atom stereocenters. The van der Waals surface area contributed by atoms with Crippen LogP contribution in [0, 0.1) is 0 Å². The van der Waals surface area contributed by atoms with Crippen molar-refractivity contribution in [2.24, 2.45) is 4.99 Å². The van der Waals surface area contributed by atoms with Crippen LogP contribution < -0.4 is 10.6 Å². The Hall–Kier alpha value is -0.0100. The maximum absolute atomic E-state index is 5.88. The molecule has 2 N–H and O–H groups in total. The summed E-state index contributed by atoms with van der Waals surface area (Å²) in [5, 5.41) is 6.51. The molecule has 0 bridgehead atoms. The summed E-state index contributed by atoms with van der Waals surface area (Å²) in [6, 6.07) is 4.39. The summed E-state index contributed by atoms with van der Waals surface area (Å²) in [5.41, 5.74) is 0. The third-order valence-electron chi connectivity index (χ3n) is 2.03. The molecule has 3 nitrogen and oxygen atoms in total. The molecule has 1 rings (SSSR count). The predicted molar refractivity (Wildman–Crippen MR) is 92.7 cm³/mol. The molecular formula is C12H21ClIN3S. The number of rotatable bonds is 5. The van der Waals surface area contributed by atoms with E-state index in [0.717, 1.165) is 29.8 Å². The molecule has 0 aliphatic heterocycles. The molecular weight excluding hydrogens is 381 g/mol. The highest BCUT2D eigenvalue weighted by Gasteiger charge is 2.00. The third-order valence-corrected chi connectivity index (χ3v) is 3.32. The predicted octanol–water partition coefficient (Wildman–Crippen LogP) is 3.53. The summed E-state index contributed by atoms with van der Waals surface area (Å²) >= 11 is 7.50. The van der Waals surface area contributed by atoms with Crippen molar-refractivity contribution < 1.29 is 0 Å². The quantitative estimate of drug-likeness (QED) is 0.450. The smallest absolute Gasteiger partial charge is 0.191 e. The van der Waals surface area contributed by atoms with E-state index in [0.29, 0.717) is 6.04 Å². The summed E-state index contributed by atoms with van der Waals surface area (Å²) in [4.78, 5) is 5.79. The van der Waals surface area contributed by atoms with Crippen molar-refractivity contribution in [2.45, 2.75) is 33.2 Å². The van der Waals surface area contributed by atoms with Crippen LogP contribution in [0.15, 0.2) is 17.1 Å². The molecule has 0 fully saturated rings. The zero-order valence-electron chi connectivity index (χ0n) is 11.0. The van der Waals surface area contributed by atoms with E-state index in [2.05, 4.69) is 42.5 Å². The molecule has 104 valence electrons. The van der Waals surface area contributed by atoms with Gasteiger partial charge in [0.15, 0.2) is 5.96 Å². The van der Waals surface area contributed by atoms with Crippen molar-refractivity contribution in [3.05, 3.63) is 21.3 Å². The number of nitrogens with one attached hydrogen (secondary N) is 2. The maximum Gasteiger partial charge on any atom is 0.191 e. The van der Waals surface area contributed by atoms with Crippen LogP contribution in [0.5, 0.6) is 0 Å². The van der Waals surface area contributed by atoms with Gasteiger partial charge in [-0.25, -0.2) is 0 Å². The van der Waals surface area contributed by atoms with Crippen molar-refractivity contribution in [3.63, 3.8) is 0 Å². The van der Waals surface area contributed by atoms with Crippen LogP contribution in [0.2, 0.25) is 4.34 Å². The number of hydrogen-bond acceptors (Lipinski definition) is 2. The monoisotopic (exact) mass is 401 g/mol. The Morgan fingerprint density at radius 1 is 1.44 bits per heavy atom. The fourth-order valence-electron chi connectivity index (χ4n) is 1.36. The first-order chi connectivity index (χ1) is 8.11. The minimum Gasteiger partial charge on any atom is -0.357 e. The summed E-state index contributed by atoms with van der Waals surface area (Å²) in [7, 11) is 0. The normalized spacial score (nSPS) is 11.3. The average Bonchev–Trinajstić information content (AvgIpc) is 2.63. The Morgan fingerprint density at radius 3 is 2.67 bits per heavy atom. The van der Waals surface area contributed by atoms with E-state index in [1.807, 2.05) is 6.07 Å². The highest BCUT2D eigenvalue weighted by Crippen LogP contribution is 2.21. The molecule has 0 spiro atoms. The number of aliphatic imine (C=N–C) groups is 1. The van der Waals surface area contributed by atoms with E-state index in [1.165, 1.54) is 4.88 Å². The molecule has 18 heavy (non-hydrogen) atoms. The Morgan fingerprint density at radius 2 is 2.17 bits per heavy atom. The highest BCUT2D eigenvalue weighted by atomic mass is 127. The lowest BCUT2D eigenvalue weighted by Gasteiger charge is -2.13. The second-order valence-corrected chi connectivity index (χ2v) is 5.82. The first kappa shape index (κ1) is 18.0. The van der Waals surface area contributed by atoms with Crippen LogP contribution in [-0.2, 0) is 6.42 Å². The van der Waals surface area contributed by atoms with Gasteiger partial charge in [0.2, 0.25) is 0 Å². The van der Waals surface area contributed by atoms with Gasteiger partial charge in [-0.2, -0.15) is 0 Å². The zero-order chi connectivity index (χ0) is 12.7. The largest absolute Gasteiger partial charge is 0.357 e. The molecule has 1 aromatic rings. The van der Waals surface area contributed by atoms with Crippen LogP contribution >= 0.6 is 46.9 Å². The topological polar surface area (TPSA) is 36.4 Å². The average molecular weight is 402 g/mol. The van der Waals surface area contributed by atoms with E-state index in [4.69, 9.17) is 11.6 Å². The molecule has 0 aliphatic rings. The van der Waals surface area contributed by atoms with Gasteiger partial charge in [0.1, 0.15) is 0 Å². The van der Waals surface area contributed by atoms with E-state index in [9.17, 15) is 0 Å². The van der Waals surface area contributed by atoms with Crippen LogP contribution in [0.4, 0.5) is 0 Å². The standard InChI is InChI=1S/C12H20ClN3S.HI/c1-4-14-12(16-9(2)3)15-8-7-10-5-6-11(13)17-10;/h5-6,9H,4,7-8H2,1-3H3,(H2,14,15,16);1H. The molecule has 0 radical (unpaired) electrons. The third kappa shape index (κ3) is 7.43. The summed E-state index contributed by atoms with van der Waals surface area (Å²) in [6.07, 6.45) is 0.937. The lowest BCUT2D eigenvalue weighted by molar-refractivity contribution is 0.700. The van der Waals surface area contributed by atoms with Gasteiger partial charge in [-0.15, -0.1) is 35.3 Å². The second-order valence-electron chi connectivity index (χ2n) is 4.02. The van der Waals surface area contributed by atoms with Gasteiger partial charge >= 0.3 is 0 Å². The van der Waals surface area contributed by atoms with Gasteiger partial charge in [-0.05, 0) is 32.9 Å². The molecule has 1 heterocycles. The molecule has 0 aromatic carbocycles. The van der Waals surface area contributed by atoms with Gasteiger partial charge in [0, 0.05) is 30.4 Å². The highest BCUT2D eigenvalue weighted by molar-refractivity contribution is 14.0. The van der Waals surface area contributed by atoms with Crippen molar-refractivity contribution in [1.29, 1.82) is 0 Å². The summed E-state index contributed by atoms with van der Waals surface area (Å²) < 4.78 is 0.844. The van der Waals surface area contributed by atoms with Gasteiger partial charge < -0.3 is 10.6 Å². The number of halogens is 2. The number of nitrogens with zero attached hydrogens (tertiary/aromatic N) is 1. The molecule has 0 amide bonds.